The number of anilines is 1. The predicted molar refractivity (Wildman–Crippen MR) is 107 cm³/mol. The van der Waals surface area contributed by atoms with Crippen LogP contribution in [0.2, 0.25) is 5.02 Å². The highest BCUT2D eigenvalue weighted by Crippen LogP contribution is 2.41. The van der Waals surface area contributed by atoms with Gasteiger partial charge >= 0.3 is 11.8 Å². The molecule has 0 atom stereocenters. The summed E-state index contributed by atoms with van der Waals surface area (Å²) in [6, 6.07) is 9.39. The van der Waals surface area contributed by atoms with Crippen LogP contribution in [0.15, 0.2) is 35.7 Å². The van der Waals surface area contributed by atoms with Crippen LogP contribution in [0.25, 0.3) is 0 Å². The molecule has 1 saturated carbocycles. The van der Waals surface area contributed by atoms with Crippen LogP contribution >= 0.6 is 22.9 Å². The number of thiophene rings is 1. The molecule has 4 nitrogen and oxygen atoms in total. The number of hydrogen-bond acceptors (Lipinski definition) is 3. The molecule has 1 aliphatic rings. The lowest BCUT2D eigenvalue weighted by molar-refractivity contribution is -0.136. The molecule has 0 saturated heterocycles. The average Bonchev–Trinajstić information content (AvgIpc) is 3.19. The molecule has 6 heteroatoms. The minimum Gasteiger partial charge on any atom is -0.347 e. The Labute approximate surface area is 162 Å². The average molecular weight is 391 g/mol. The van der Waals surface area contributed by atoms with Crippen LogP contribution in [0.5, 0.6) is 0 Å². The molecular weight excluding hydrogens is 368 g/mol. The predicted octanol–water partition coefficient (Wildman–Crippen LogP) is 4.67. The zero-order valence-electron chi connectivity index (χ0n) is 14.8. The van der Waals surface area contributed by atoms with Crippen LogP contribution in [-0.2, 0) is 15.0 Å². The van der Waals surface area contributed by atoms with Crippen LogP contribution in [0.3, 0.4) is 0 Å². The van der Waals surface area contributed by atoms with Crippen molar-refractivity contribution in [3.05, 3.63) is 51.2 Å². The zero-order valence-corrected chi connectivity index (χ0v) is 16.4. The lowest BCUT2D eigenvalue weighted by Gasteiger charge is -2.36. The first-order chi connectivity index (χ1) is 12.5. The van der Waals surface area contributed by atoms with Crippen molar-refractivity contribution in [2.75, 3.05) is 11.9 Å². The molecule has 138 valence electrons. The summed E-state index contributed by atoms with van der Waals surface area (Å²) >= 11 is 7.70. The number of rotatable bonds is 4. The maximum absolute atomic E-state index is 12.3. The molecule has 2 N–H and O–H groups in total. The molecule has 1 aromatic heterocycles. The molecule has 2 aromatic rings. The summed E-state index contributed by atoms with van der Waals surface area (Å²) in [4.78, 5) is 25.9. The molecule has 26 heavy (non-hydrogen) atoms. The van der Waals surface area contributed by atoms with E-state index in [0.717, 1.165) is 31.2 Å². The highest BCUT2D eigenvalue weighted by molar-refractivity contribution is 7.10. The first-order valence-electron chi connectivity index (χ1n) is 8.89. The Morgan fingerprint density at radius 1 is 1.15 bits per heavy atom. The van der Waals surface area contributed by atoms with Crippen molar-refractivity contribution in [3.63, 3.8) is 0 Å². The van der Waals surface area contributed by atoms with Crippen molar-refractivity contribution >= 4 is 40.4 Å². The fourth-order valence-electron chi connectivity index (χ4n) is 3.56. The molecule has 0 bridgehead atoms. The topological polar surface area (TPSA) is 58.2 Å². The molecule has 0 aliphatic heterocycles. The number of halogens is 1. The number of aryl methyl sites for hydroxylation is 1. The van der Waals surface area contributed by atoms with E-state index in [1.165, 1.54) is 11.3 Å². The van der Waals surface area contributed by atoms with Crippen molar-refractivity contribution in [2.24, 2.45) is 0 Å². The van der Waals surface area contributed by atoms with Gasteiger partial charge in [0.05, 0.1) is 0 Å². The normalized spacial score (nSPS) is 16.1. The Hall–Kier alpha value is -1.85. The molecule has 1 heterocycles. The second-order valence-corrected chi connectivity index (χ2v) is 8.30. The van der Waals surface area contributed by atoms with Gasteiger partial charge in [-0.25, -0.2) is 0 Å². The van der Waals surface area contributed by atoms with E-state index in [2.05, 4.69) is 22.1 Å². The molecule has 0 radical (unpaired) electrons. The molecule has 1 fully saturated rings. The van der Waals surface area contributed by atoms with E-state index in [-0.39, 0.29) is 5.41 Å². The van der Waals surface area contributed by atoms with Crippen LogP contribution in [-0.4, -0.2) is 18.4 Å². The number of nitrogens with one attached hydrogen (secondary N) is 2. The second-order valence-electron chi connectivity index (χ2n) is 6.91. The van der Waals surface area contributed by atoms with E-state index in [0.29, 0.717) is 17.3 Å². The zero-order chi connectivity index (χ0) is 18.6. The third kappa shape index (κ3) is 4.27. The quantitative estimate of drug-likeness (QED) is 0.745. The summed E-state index contributed by atoms with van der Waals surface area (Å²) in [6.45, 7) is 2.35. The van der Waals surface area contributed by atoms with Crippen molar-refractivity contribution in [1.82, 2.24) is 5.32 Å². The van der Waals surface area contributed by atoms with E-state index in [1.807, 2.05) is 19.1 Å². The monoisotopic (exact) mass is 390 g/mol. The maximum Gasteiger partial charge on any atom is 0.313 e. The van der Waals surface area contributed by atoms with Gasteiger partial charge in [-0.1, -0.05) is 43.0 Å². The highest BCUT2D eigenvalue weighted by atomic mass is 35.5. The molecular formula is C20H23ClN2O2S. The summed E-state index contributed by atoms with van der Waals surface area (Å²) in [5.41, 5.74) is 1.37. The van der Waals surface area contributed by atoms with E-state index in [9.17, 15) is 9.59 Å². The summed E-state index contributed by atoms with van der Waals surface area (Å²) < 4.78 is 0. The van der Waals surface area contributed by atoms with E-state index in [1.54, 1.807) is 23.5 Å². The number of hydrogen-bond donors (Lipinski definition) is 2. The Bertz CT molecular complexity index is 783. The first kappa shape index (κ1) is 18.9. The Balaban J connectivity index is 1.65. The first-order valence-corrected chi connectivity index (χ1v) is 10.2. The van der Waals surface area contributed by atoms with Crippen molar-refractivity contribution in [2.45, 2.75) is 44.4 Å². The van der Waals surface area contributed by atoms with Gasteiger partial charge in [0.1, 0.15) is 0 Å². The lowest BCUT2D eigenvalue weighted by Crippen LogP contribution is -2.45. The summed E-state index contributed by atoms with van der Waals surface area (Å²) in [5.74, 6) is -1.27. The highest BCUT2D eigenvalue weighted by Gasteiger charge is 2.35. The van der Waals surface area contributed by atoms with Gasteiger partial charge in [0.2, 0.25) is 0 Å². The van der Waals surface area contributed by atoms with E-state index < -0.39 is 11.8 Å². The summed E-state index contributed by atoms with van der Waals surface area (Å²) in [5, 5.41) is 8.10. The van der Waals surface area contributed by atoms with E-state index in [4.69, 9.17) is 11.6 Å². The summed E-state index contributed by atoms with van der Waals surface area (Å²) in [6.07, 6.45) is 5.63. The third-order valence-electron chi connectivity index (χ3n) is 5.10. The van der Waals surface area contributed by atoms with Crippen molar-refractivity contribution < 1.29 is 9.59 Å². The minimum atomic E-state index is -0.660. The molecule has 3 rings (SSSR count). The lowest BCUT2D eigenvalue weighted by atomic mass is 9.73. The fraction of sp³-hybridized carbons (Fsp3) is 0.400. The number of carbonyl (C=O) groups excluding carboxylic acids is 2. The molecule has 2 amide bonds. The molecule has 1 aromatic carbocycles. The van der Waals surface area contributed by atoms with Crippen LogP contribution in [0.4, 0.5) is 5.69 Å². The maximum atomic E-state index is 12.3. The molecule has 0 unspecified atom stereocenters. The number of carbonyl (C=O) groups is 2. The second kappa shape index (κ2) is 8.23. The summed E-state index contributed by atoms with van der Waals surface area (Å²) in [7, 11) is 0. The van der Waals surface area contributed by atoms with Gasteiger partial charge in [0.25, 0.3) is 0 Å². The standard InChI is InChI=1S/C20H23ClN2O2S/c1-14-7-8-15(21)12-16(14)23-19(25)18(24)22-13-20(9-3-2-4-10-20)17-6-5-11-26-17/h5-8,11-12H,2-4,9-10,13H2,1H3,(H,22,24)(H,23,25). The van der Waals surface area contributed by atoms with Crippen LogP contribution in [0.1, 0.15) is 42.5 Å². The van der Waals surface area contributed by atoms with Crippen molar-refractivity contribution in [1.29, 1.82) is 0 Å². The number of benzene rings is 1. The van der Waals surface area contributed by atoms with Crippen LogP contribution < -0.4 is 10.6 Å². The fourth-order valence-corrected chi connectivity index (χ4v) is 4.72. The Morgan fingerprint density at radius 3 is 2.62 bits per heavy atom. The minimum absolute atomic E-state index is 0.0473. The number of amides is 2. The van der Waals surface area contributed by atoms with Gasteiger partial charge < -0.3 is 10.6 Å². The largest absolute Gasteiger partial charge is 0.347 e. The Kier molecular flexibility index (Phi) is 5.99. The van der Waals surface area contributed by atoms with E-state index >= 15 is 0 Å². The van der Waals surface area contributed by atoms with Gasteiger partial charge in [0.15, 0.2) is 0 Å². The molecule has 0 spiro atoms. The van der Waals surface area contributed by atoms with Gasteiger partial charge in [-0.15, -0.1) is 11.3 Å². The third-order valence-corrected chi connectivity index (χ3v) is 6.45. The van der Waals surface area contributed by atoms with Gasteiger partial charge in [-0.05, 0) is 48.9 Å². The SMILES string of the molecule is Cc1ccc(Cl)cc1NC(=O)C(=O)NCC1(c2cccs2)CCCCC1. The Morgan fingerprint density at radius 2 is 1.92 bits per heavy atom. The van der Waals surface area contributed by atoms with Gasteiger partial charge in [-0.2, -0.15) is 0 Å². The van der Waals surface area contributed by atoms with Gasteiger partial charge in [-0.3, -0.25) is 9.59 Å². The molecule has 1 aliphatic carbocycles. The smallest absolute Gasteiger partial charge is 0.313 e. The van der Waals surface area contributed by atoms with Crippen molar-refractivity contribution in [3.8, 4) is 0 Å². The van der Waals surface area contributed by atoms with Crippen LogP contribution in [0, 0.1) is 6.92 Å². The van der Waals surface area contributed by atoms with Gasteiger partial charge in [0, 0.05) is 27.5 Å².